The predicted octanol–water partition coefficient (Wildman–Crippen LogP) is 3.58. The summed E-state index contributed by atoms with van der Waals surface area (Å²) in [6, 6.07) is 2.03. The summed E-state index contributed by atoms with van der Waals surface area (Å²) in [6.45, 7) is 8.14. The van der Waals surface area contributed by atoms with E-state index in [0.29, 0.717) is 0 Å². The number of amides is 1. The number of hydrogen-bond acceptors (Lipinski definition) is 2. The average molecular weight is 261 g/mol. The maximum atomic E-state index is 12.0. The summed E-state index contributed by atoms with van der Waals surface area (Å²) in [7, 11) is 0. The third-order valence-corrected chi connectivity index (χ3v) is 4.24. The molecule has 0 aromatic heterocycles. The number of carbonyl (C=O) groups excluding carboxylic acids is 1. The Morgan fingerprint density at radius 1 is 1.32 bits per heavy atom. The number of nitrogens with one attached hydrogen (secondary N) is 1. The van der Waals surface area contributed by atoms with E-state index in [-0.39, 0.29) is 11.8 Å². The van der Waals surface area contributed by atoms with E-state index in [1.807, 2.05) is 26.8 Å². The molecule has 0 spiro atoms. The SMILES string of the molecule is CCCC(O)c1cc2c(c(C)c1C)NC(=O)C2CC. The molecule has 2 unspecified atom stereocenters. The van der Waals surface area contributed by atoms with Crippen LogP contribution in [0.5, 0.6) is 0 Å². The zero-order valence-electron chi connectivity index (χ0n) is 12.2. The summed E-state index contributed by atoms with van der Waals surface area (Å²) < 4.78 is 0. The summed E-state index contributed by atoms with van der Waals surface area (Å²) in [5.41, 5.74) is 5.18. The van der Waals surface area contributed by atoms with E-state index in [1.54, 1.807) is 0 Å². The molecule has 1 heterocycles. The van der Waals surface area contributed by atoms with E-state index in [1.165, 1.54) is 0 Å². The maximum Gasteiger partial charge on any atom is 0.232 e. The molecule has 1 aliphatic rings. The maximum absolute atomic E-state index is 12.0. The van der Waals surface area contributed by atoms with Crippen molar-refractivity contribution < 1.29 is 9.90 Å². The van der Waals surface area contributed by atoms with E-state index < -0.39 is 6.10 Å². The lowest BCUT2D eigenvalue weighted by Gasteiger charge is -2.18. The first kappa shape index (κ1) is 14.1. The molecule has 3 heteroatoms. The lowest BCUT2D eigenvalue weighted by atomic mass is 9.88. The van der Waals surface area contributed by atoms with Crippen molar-refractivity contribution in [2.24, 2.45) is 0 Å². The van der Waals surface area contributed by atoms with Gasteiger partial charge in [0.1, 0.15) is 0 Å². The fraction of sp³-hybridized carbons (Fsp3) is 0.562. The molecule has 1 aromatic rings. The molecular formula is C16H23NO2. The van der Waals surface area contributed by atoms with Crippen molar-refractivity contribution in [3.05, 3.63) is 28.3 Å². The van der Waals surface area contributed by atoms with Crippen molar-refractivity contribution in [1.82, 2.24) is 0 Å². The van der Waals surface area contributed by atoms with E-state index >= 15 is 0 Å². The highest BCUT2D eigenvalue weighted by Crippen LogP contribution is 2.41. The molecule has 104 valence electrons. The van der Waals surface area contributed by atoms with Crippen molar-refractivity contribution in [2.75, 3.05) is 5.32 Å². The summed E-state index contributed by atoms with van der Waals surface area (Å²) in [6.07, 6.45) is 2.08. The third kappa shape index (κ3) is 2.27. The van der Waals surface area contributed by atoms with Gasteiger partial charge in [0, 0.05) is 5.69 Å². The molecule has 1 amide bonds. The molecule has 0 aliphatic carbocycles. The predicted molar refractivity (Wildman–Crippen MR) is 77.4 cm³/mol. The number of aliphatic hydroxyl groups is 1. The first-order chi connectivity index (χ1) is 9.01. The fourth-order valence-corrected chi connectivity index (χ4v) is 2.94. The number of fused-ring (bicyclic) bond motifs is 1. The molecule has 19 heavy (non-hydrogen) atoms. The summed E-state index contributed by atoms with van der Waals surface area (Å²) >= 11 is 0. The number of hydrogen-bond donors (Lipinski definition) is 2. The monoisotopic (exact) mass is 261 g/mol. The molecule has 0 saturated carbocycles. The number of anilines is 1. The largest absolute Gasteiger partial charge is 0.388 e. The van der Waals surface area contributed by atoms with Crippen LogP contribution in [0.2, 0.25) is 0 Å². The average Bonchev–Trinajstić information content (AvgIpc) is 2.70. The van der Waals surface area contributed by atoms with Crippen LogP contribution in [-0.4, -0.2) is 11.0 Å². The van der Waals surface area contributed by atoms with Crippen LogP contribution >= 0.6 is 0 Å². The molecule has 1 aliphatic heterocycles. The number of aliphatic hydroxyl groups excluding tert-OH is 1. The first-order valence-electron chi connectivity index (χ1n) is 7.14. The van der Waals surface area contributed by atoms with Crippen LogP contribution in [0.1, 0.15) is 67.4 Å². The summed E-state index contributed by atoms with van der Waals surface area (Å²) in [5.74, 6) is 0.0176. The van der Waals surface area contributed by atoms with Gasteiger partial charge < -0.3 is 10.4 Å². The Labute approximate surface area is 115 Å². The first-order valence-corrected chi connectivity index (χ1v) is 7.14. The number of carbonyl (C=O) groups is 1. The quantitative estimate of drug-likeness (QED) is 0.870. The molecule has 3 nitrogen and oxygen atoms in total. The molecule has 2 atom stereocenters. The highest BCUT2D eigenvalue weighted by atomic mass is 16.3. The smallest absolute Gasteiger partial charge is 0.232 e. The Morgan fingerprint density at radius 2 is 2.00 bits per heavy atom. The third-order valence-electron chi connectivity index (χ3n) is 4.24. The number of benzene rings is 1. The Hall–Kier alpha value is -1.35. The lowest BCUT2D eigenvalue weighted by Crippen LogP contribution is -2.10. The van der Waals surface area contributed by atoms with Gasteiger partial charge in [0.15, 0.2) is 0 Å². The Bertz CT molecular complexity index is 508. The Kier molecular flexibility index (Phi) is 3.95. The van der Waals surface area contributed by atoms with Crippen LogP contribution in [0.3, 0.4) is 0 Å². The second kappa shape index (κ2) is 5.33. The van der Waals surface area contributed by atoms with Gasteiger partial charge in [-0.2, -0.15) is 0 Å². The van der Waals surface area contributed by atoms with Gasteiger partial charge in [-0.3, -0.25) is 4.79 Å². The molecule has 2 N–H and O–H groups in total. The molecule has 0 saturated heterocycles. The van der Waals surface area contributed by atoms with E-state index in [9.17, 15) is 9.90 Å². The van der Waals surface area contributed by atoms with Crippen LogP contribution in [-0.2, 0) is 4.79 Å². The molecule has 1 aromatic carbocycles. The molecule has 2 rings (SSSR count). The minimum Gasteiger partial charge on any atom is -0.388 e. The van der Waals surface area contributed by atoms with Gasteiger partial charge in [0.25, 0.3) is 0 Å². The topological polar surface area (TPSA) is 49.3 Å². The van der Waals surface area contributed by atoms with Gasteiger partial charge in [0.05, 0.1) is 12.0 Å². The lowest BCUT2D eigenvalue weighted by molar-refractivity contribution is -0.117. The standard InChI is InChI=1S/C16H23NO2/c1-5-7-14(18)12-8-13-11(6-2)16(19)17-15(13)10(4)9(12)3/h8,11,14,18H,5-7H2,1-4H3,(H,17,19). The van der Waals surface area contributed by atoms with Gasteiger partial charge in [0.2, 0.25) is 5.91 Å². The molecule has 0 radical (unpaired) electrons. The van der Waals surface area contributed by atoms with Crippen LogP contribution in [0.25, 0.3) is 0 Å². The fourth-order valence-electron chi connectivity index (χ4n) is 2.94. The minimum absolute atomic E-state index is 0.0677. The minimum atomic E-state index is -0.429. The van der Waals surface area contributed by atoms with Gasteiger partial charge in [-0.25, -0.2) is 0 Å². The Morgan fingerprint density at radius 3 is 2.58 bits per heavy atom. The van der Waals surface area contributed by atoms with E-state index in [2.05, 4.69) is 12.2 Å². The van der Waals surface area contributed by atoms with Crippen LogP contribution in [0.4, 0.5) is 5.69 Å². The van der Waals surface area contributed by atoms with Gasteiger partial charge in [-0.15, -0.1) is 0 Å². The second-order valence-electron chi connectivity index (χ2n) is 5.43. The zero-order valence-corrected chi connectivity index (χ0v) is 12.2. The second-order valence-corrected chi connectivity index (χ2v) is 5.43. The van der Waals surface area contributed by atoms with E-state index in [0.717, 1.165) is 47.2 Å². The van der Waals surface area contributed by atoms with Crippen molar-refractivity contribution in [1.29, 1.82) is 0 Å². The van der Waals surface area contributed by atoms with Crippen LogP contribution < -0.4 is 5.32 Å². The number of rotatable bonds is 4. The van der Waals surface area contributed by atoms with Crippen LogP contribution in [0, 0.1) is 13.8 Å². The summed E-state index contributed by atoms with van der Waals surface area (Å²) in [5, 5.41) is 13.3. The van der Waals surface area contributed by atoms with Gasteiger partial charge >= 0.3 is 0 Å². The molecule has 0 bridgehead atoms. The highest BCUT2D eigenvalue weighted by Gasteiger charge is 2.32. The Balaban J connectivity index is 2.53. The van der Waals surface area contributed by atoms with Gasteiger partial charge in [-0.05, 0) is 48.9 Å². The summed E-state index contributed by atoms with van der Waals surface area (Å²) in [4.78, 5) is 12.0. The van der Waals surface area contributed by atoms with Crippen molar-refractivity contribution in [3.8, 4) is 0 Å². The van der Waals surface area contributed by atoms with Crippen molar-refractivity contribution in [3.63, 3.8) is 0 Å². The zero-order chi connectivity index (χ0) is 14.2. The van der Waals surface area contributed by atoms with E-state index in [4.69, 9.17) is 0 Å². The molecule has 0 fully saturated rings. The highest BCUT2D eigenvalue weighted by molar-refractivity contribution is 6.04. The van der Waals surface area contributed by atoms with Gasteiger partial charge in [-0.1, -0.05) is 26.3 Å². The van der Waals surface area contributed by atoms with Crippen molar-refractivity contribution >= 4 is 11.6 Å². The van der Waals surface area contributed by atoms with Crippen molar-refractivity contribution in [2.45, 2.75) is 59.0 Å². The normalized spacial score (nSPS) is 19.2. The van der Waals surface area contributed by atoms with Crippen LogP contribution in [0.15, 0.2) is 6.07 Å². The molecular weight excluding hydrogens is 238 g/mol.